The Balaban J connectivity index is 1.25. The lowest BCUT2D eigenvalue weighted by Gasteiger charge is -2.27. The van der Waals surface area contributed by atoms with E-state index in [0.29, 0.717) is 61.8 Å². The van der Waals surface area contributed by atoms with E-state index in [0.717, 1.165) is 18.3 Å². The zero-order valence-electron chi connectivity index (χ0n) is 20.0. The average Bonchev–Trinajstić information content (AvgIpc) is 3.46. The summed E-state index contributed by atoms with van der Waals surface area (Å²) in [5.41, 5.74) is 4.29. The zero-order valence-corrected chi connectivity index (χ0v) is 20.0. The van der Waals surface area contributed by atoms with Gasteiger partial charge < -0.3 is 19.7 Å². The number of alkyl halides is 3. The highest BCUT2D eigenvalue weighted by Crippen LogP contribution is 2.36. The summed E-state index contributed by atoms with van der Waals surface area (Å²) in [5.74, 6) is -0.248. The second kappa shape index (κ2) is 11.0. The normalized spacial score (nSPS) is 15.9. The van der Waals surface area contributed by atoms with Crippen LogP contribution in [0.15, 0.2) is 54.1 Å². The van der Waals surface area contributed by atoms with Crippen molar-refractivity contribution in [1.29, 1.82) is 0 Å². The molecule has 0 saturated carbocycles. The molecule has 0 spiro atoms. The summed E-state index contributed by atoms with van der Waals surface area (Å²) in [4.78, 5) is 14.1. The van der Waals surface area contributed by atoms with Crippen LogP contribution in [0, 0.1) is 5.82 Å². The van der Waals surface area contributed by atoms with Crippen LogP contribution in [0.3, 0.4) is 0 Å². The van der Waals surface area contributed by atoms with Crippen molar-refractivity contribution in [3.05, 3.63) is 71.6 Å². The average molecular weight is 529 g/mol. The second-order valence-electron chi connectivity index (χ2n) is 8.49. The Labute approximate surface area is 215 Å². The van der Waals surface area contributed by atoms with Crippen molar-refractivity contribution < 1.29 is 27.0 Å². The number of pyridine rings is 1. The van der Waals surface area contributed by atoms with Crippen LogP contribution in [0.2, 0.25) is 0 Å². The minimum Gasteiger partial charge on any atom is -0.501 e. The number of nitrogens with zero attached hydrogens (tertiary/aromatic N) is 5. The van der Waals surface area contributed by atoms with Gasteiger partial charge in [0.05, 0.1) is 61.6 Å². The molecule has 0 aliphatic carbocycles. The van der Waals surface area contributed by atoms with E-state index in [-0.39, 0.29) is 17.5 Å². The number of morpholine rings is 1. The van der Waals surface area contributed by atoms with Gasteiger partial charge in [0, 0.05) is 25.2 Å². The number of hydrogen-bond donors (Lipinski definition) is 2. The van der Waals surface area contributed by atoms with Crippen molar-refractivity contribution in [3.63, 3.8) is 0 Å². The van der Waals surface area contributed by atoms with E-state index in [1.807, 2.05) is 0 Å². The fourth-order valence-corrected chi connectivity index (χ4v) is 3.94. The highest BCUT2D eigenvalue weighted by atomic mass is 19.4. The molecule has 0 amide bonds. The molecule has 1 aromatic carbocycles. The molecule has 38 heavy (non-hydrogen) atoms. The van der Waals surface area contributed by atoms with Crippen LogP contribution in [0.4, 0.5) is 40.7 Å². The second-order valence-corrected chi connectivity index (χ2v) is 8.49. The van der Waals surface area contributed by atoms with Crippen LogP contribution >= 0.6 is 0 Å². The van der Waals surface area contributed by atoms with Crippen LogP contribution in [0.5, 0.6) is 0 Å². The molecule has 2 aliphatic heterocycles. The Hall–Kier alpha value is -4.26. The van der Waals surface area contributed by atoms with E-state index in [2.05, 4.69) is 30.8 Å². The van der Waals surface area contributed by atoms with Gasteiger partial charge in [-0.05, 0) is 41.5 Å². The van der Waals surface area contributed by atoms with Crippen molar-refractivity contribution in [1.82, 2.24) is 15.0 Å². The lowest BCUT2D eigenvalue weighted by atomic mass is 10.0. The molecule has 2 aliphatic rings. The van der Waals surface area contributed by atoms with Gasteiger partial charge in [-0.2, -0.15) is 23.3 Å². The lowest BCUT2D eigenvalue weighted by Crippen LogP contribution is -2.37. The molecule has 2 N–H and O–H groups in total. The minimum absolute atomic E-state index is 0.116. The van der Waals surface area contributed by atoms with Gasteiger partial charge in [-0.3, -0.25) is 4.98 Å². The van der Waals surface area contributed by atoms with E-state index in [4.69, 9.17) is 9.47 Å². The molecule has 9 nitrogen and oxygen atoms in total. The van der Waals surface area contributed by atoms with E-state index in [9.17, 15) is 17.6 Å². The summed E-state index contributed by atoms with van der Waals surface area (Å²) in [5, 5.41) is 7.02. The maximum atomic E-state index is 14.2. The molecule has 13 heteroatoms. The first-order chi connectivity index (χ1) is 18.3. The number of aromatic nitrogens is 3. The number of anilines is 4. The maximum Gasteiger partial charge on any atom is 0.416 e. The maximum absolute atomic E-state index is 14.2. The predicted molar refractivity (Wildman–Crippen MR) is 134 cm³/mol. The fourth-order valence-electron chi connectivity index (χ4n) is 3.94. The number of hydrogen-bond acceptors (Lipinski definition) is 9. The van der Waals surface area contributed by atoms with Gasteiger partial charge in [0.25, 0.3) is 0 Å². The molecule has 0 radical (unpaired) electrons. The van der Waals surface area contributed by atoms with Crippen molar-refractivity contribution in [2.75, 3.05) is 48.6 Å². The molecule has 0 atom stereocenters. The number of nitrogens with one attached hydrogen (secondary N) is 2. The summed E-state index contributed by atoms with van der Waals surface area (Å²) in [6, 6.07) is 7.11. The van der Waals surface area contributed by atoms with Crippen LogP contribution in [0.1, 0.15) is 23.2 Å². The van der Waals surface area contributed by atoms with Gasteiger partial charge >= 0.3 is 6.18 Å². The highest BCUT2D eigenvalue weighted by molar-refractivity contribution is 5.78. The smallest absolute Gasteiger partial charge is 0.416 e. The Bertz CT molecular complexity index is 1340. The molecule has 4 heterocycles. The number of rotatable bonds is 7. The van der Waals surface area contributed by atoms with Crippen molar-refractivity contribution in [2.24, 2.45) is 5.10 Å². The molecule has 5 rings (SSSR count). The fraction of sp³-hybridized carbons (Fsp3) is 0.280. The van der Waals surface area contributed by atoms with Gasteiger partial charge in [0.2, 0.25) is 5.95 Å². The van der Waals surface area contributed by atoms with Crippen molar-refractivity contribution in [3.8, 4) is 0 Å². The standard InChI is InChI=1S/C25H23F4N7O2/c26-22-14-31-24(34-23(22)36-4-7-37-8-5-36)35-32-13-19-1-2-20(12-30-19)33-21-10-17(16-3-6-38-15-16)9-18(11-21)25(27,28)29/h1-2,9-15,33H,3-8H2,(H,31,34,35)/b32-13+. The monoisotopic (exact) mass is 529 g/mol. The third-order valence-electron chi connectivity index (χ3n) is 5.82. The minimum atomic E-state index is -4.49. The third kappa shape index (κ3) is 6.17. The lowest BCUT2D eigenvalue weighted by molar-refractivity contribution is -0.137. The Morgan fingerprint density at radius 1 is 1.00 bits per heavy atom. The highest BCUT2D eigenvalue weighted by Gasteiger charge is 2.31. The van der Waals surface area contributed by atoms with Gasteiger partial charge in [0.1, 0.15) is 0 Å². The van der Waals surface area contributed by atoms with E-state index < -0.39 is 17.6 Å². The third-order valence-corrected chi connectivity index (χ3v) is 5.82. The Morgan fingerprint density at radius 3 is 2.55 bits per heavy atom. The van der Waals surface area contributed by atoms with Crippen LogP contribution in [-0.4, -0.2) is 54.1 Å². The topological polar surface area (TPSA) is 96.8 Å². The first-order valence-corrected chi connectivity index (χ1v) is 11.8. The van der Waals surface area contributed by atoms with Crippen molar-refractivity contribution in [2.45, 2.75) is 12.6 Å². The van der Waals surface area contributed by atoms with Gasteiger partial charge in [-0.1, -0.05) is 0 Å². The summed E-state index contributed by atoms with van der Waals surface area (Å²) < 4.78 is 65.0. The molecule has 3 aromatic rings. The number of hydrazone groups is 1. The van der Waals surface area contributed by atoms with E-state index in [1.165, 1.54) is 18.7 Å². The van der Waals surface area contributed by atoms with E-state index in [1.54, 1.807) is 23.1 Å². The molecule has 2 aromatic heterocycles. The van der Waals surface area contributed by atoms with Crippen LogP contribution in [0.25, 0.3) is 5.57 Å². The molecular weight excluding hydrogens is 506 g/mol. The van der Waals surface area contributed by atoms with Crippen LogP contribution < -0.4 is 15.6 Å². The number of ether oxygens (including phenoxy) is 2. The molecule has 0 unspecified atom stereocenters. The SMILES string of the molecule is Fc1cnc(N/N=C/c2ccc(Nc3cc(C4=COCC4)cc(C(F)(F)F)c3)cn2)nc1N1CCOCC1. The van der Waals surface area contributed by atoms with Crippen LogP contribution in [-0.2, 0) is 15.7 Å². The summed E-state index contributed by atoms with van der Waals surface area (Å²) in [6.45, 7) is 2.47. The first-order valence-electron chi connectivity index (χ1n) is 11.8. The molecular formula is C25H23F4N7O2. The largest absolute Gasteiger partial charge is 0.501 e. The zero-order chi connectivity index (χ0) is 26.5. The molecule has 198 valence electrons. The van der Waals surface area contributed by atoms with E-state index >= 15 is 0 Å². The molecule has 1 fully saturated rings. The molecule has 1 saturated heterocycles. The van der Waals surface area contributed by atoms with Gasteiger partial charge in [-0.25, -0.2) is 14.8 Å². The Morgan fingerprint density at radius 2 is 1.84 bits per heavy atom. The summed E-state index contributed by atoms with van der Waals surface area (Å²) in [7, 11) is 0. The number of benzene rings is 1. The first kappa shape index (κ1) is 25.4. The van der Waals surface area contributed by atoms with Crippen molar-refractivity contribution >= 4 is 34.9 Å². The van der Waals surface area contributed by atoms with Gasteiger partial charge in [0.15, 0.2) is 11.6 Å². The summed E-state index contributed by atoms with van der Waals surface area (Å²) >= 11 is 0. The Kier molecular flexibility index (Phi) is 7.36. The van der Waals surface area contributed by atoms with Gasteiger partial charge in [-0.15, -0.1) is 0 Å². The quantitative estimate of drug-likeness (QED) is 0.256. The predicted octanol–water partition coefficient (Wildman–Crippen LogP) is 4.82. The molecule has 0 bridgehead atoms. The number of halogens is 4. The summed E-state index contributed by atoms with van der Waals surface area (Å²) in [6.07, 6.45) is 1.51.